The number of hydrogen-bond acceptors (Lipinski definition) is 4. The number of rotatable bonds is 2. The van der Waals surface area contributed by atoms with Gasteiger partial charge in [-0.2, -0.15) is 0 Å². The summed E-state index contributed by atoms with van der Waals surface area (Å²) in [5.74, 6) is -0.434. The molecular formula is C12H12ClN3O4. The zero-order valence-electron chi connectivity index (χ0n) is 10.5. The van der Waals surface area contributed by atoms with Crippen LogP contribution < -0.4 is 5.32 Å². The van der Waals surface area contributed by atoms with Gasteiger partial charge < -0.3 is 10.2 Å². The Bertz CT molecular complexity index is 576. The third kappa shape index (κ3) is 3.05. The molecule has 0 atom stereocenters. The van der Waals surface area contributed by atoms with E-state index in [-0.39, 0.29) is 34.5 Å². The van der Waals surface area contributed by atoms with Crippen LogP contribution in [-0.2, 0) is 4.79 Å². The molecule has 0 aromatic heterocycles. The highest BCUT2D eigenvalue weighted by Gasteiger charge is 2.22. The van der Waals surface area contributed by atoms with Crippen molar-refractivity contribution < 1.29 is 14.5 Å². The Labute approximate surface area is 119 Å². The average molecular weight is 298 g/mol. The van der Waals surface area contributed by atoms with Gasteiger partial charge in [0.05, 0.1) is 15.5 Å². The van der Waals surface area contributed by atoms with Crippen molar-refractivity contribution in [3.8, 4) is 0 Å². The van der Waals surface area contributed by atoms with E-state index in [9.17, 15) is 19.7 Å². The molecule has 0 unspecified atom stereocenters. The van der Waals surface area contributed by atoms with Crippen molar-refractivity contribution in [1.29, 1.82) is 0 Å². The molecule has 0 aliphatic carbocycles. The first-order chi connectivity index (χ1) is 9.49. The van der Waals surface area contributed by atoms with Gasteiger partial charge in [-0.1, -0.05) is 11.6 Å². The van der Waals surface area contributed by atoms with Gasteiger partial charge in [-0.15, -0.1) is 0 Å². The maximum absolute atomic E-state index is 12.3. The lowest BCUT2D eigenvalue weighted by molar-refractivity contribution is -0.384. The van der Waals surface area contributed by atoms with Gasteiger partial charge in [-0.05, 0) is 6.07 Å². The fourth-order valence-electron chi connectivity index (χ4n) is 1.93. The largest absolute Gasteiger partial charge is 0.354 e. The first kappa shape index (κ1) is 14.3. The van der Waals surface area contributed by atoms with E-state index in [4.69, 9.17) is 11.6 Å². The molecule has 106 valence electrons. The second-order valence-corrected chi connectivity index (χ2v) is 4.72. The Hall–Kier alpha value is -2.15. The third-order valence-electron chi connectivity index (χ3n) is 2.99. The summed E-state index contributed by atoms with van der Waals surface area (Å²) in [6.45, 7) is 1.07. The van der Waals surface area contributed by atoms with Crippen LogP contribution in [0.25, 0.3) is 0 Å². The van der Waals surface area contributed by atoms with Crippen molar-refractivity contribution in [2.75, 3.05) is 19.6 Å². The highest BCUT2D eigenvalue weighted by molar-refractivity contribution is 6.34. The molecule has 2 rings (SSSR count). The fraction of sp³-hybridized carbons (Fsp3) is 0.333. The first-order valence-electron chi connectivity index (χ1n) is 5.99. The SMILES string of the molecule is O=C1CCN(C(=O)c2ccc([N+](=O)[O-])cc2Cl)CCN1. The van der Waals surface area contributed by atoms with Gasteiger partial charge in [0, 0.05) is 38.2 Å². The quantitative estimate of drug-likeness (QED) is 0.656. The lowest BCUT2D eigenvalue weighted by Crippen LogP contribution is -2.34. The summed E-state index contributed by atoms with van der Waals surface area (Å²) >= 11 is 5.92. The Kier molecular flexibility index (Phi) is 4.19. The topological polar surface area (TPSA) is 92.5 Å². The van der Waals surface area contributed by atoms with Crippen molar-refractivity contribution >= 4 is 29.1 Å². The molecule has 0 bridgehead atoms. The number of halogens is 1. The van der Waals surface area contributed by atoms with Crippen molar-refractivity contribution in [2.45, 2.75) is 6.42 Å². The summed E-state index contributed by atoms with van der Waals surface area (Å²) < 4.78 is 0. The van der Waals surface area contributed by atoms with Crippen LogP contribution in [0.5, 0.6) is 0 Å². The summed E-state index contributed by atoms with van der Waals surface area (Å²) in [6, 6.07) is 3.72. The zero-order valence-corrected chi connectivity index (χ0v) is 11.2. The van der Waals surface area contributed by atoms with Gasteiger partial charge in [-0.25, -0.2) is 0 Å². The number of nitro groups is 1. The molecule has 1 heterocycles. The summed E-state index contributed by atoms with van der Waals surface area (Å²) in [5.41, 5.74) is 0.0332. The summed E-state index contributed by atoms with van der Waals surface area (Å²) in [7, 11) is 0. The van der Waals surface area contributed by atoms with Crippen molar-refractivity contribution in [3.63, 3.8) is 0 Å². The Balaban J connectivity index is 2.20. The van der Waals surface area contributed by atoms with Crippen LogP contribution in [0.1, 0.15) is 16.8 Å². The minimum absolute atomic E-state index is 0.0349. The highest BCUT2D eigenvalue weighted by Crippen LogP contribution is 2.23. The molecule has 1 saturated heterocycles. The number of hydrogen-bond donors (Lipinski definition) is 1. The second kappa shape index (κ2) is 5.87. The van der Waals surface area contributed by atoms with Gasteiger partial charge >= 0.3 is 0 Å². The maximum Gasteiger partial charge on any atom is 0.270 e. The van der Waals surface area contributed by atoms with E-state index in [1.54, 1.807) is 0 Å². The van der Waals surface area contributed by atoms with Gasteiger partial charge in [0.15, 0.2) is 0 Å². The number of amides is 2. The van der Waals surface area contributed by atoms with E-state index in [0.717, 1.165) is 6.07 Å². The molecule has 0 saturated carbocycles. The number of carbonyl (C=O) groups is 2. The molecule has 20 heavy (non-hydrogen) atoms. The molecule has 2 amide bonds. The molecule has 1 N–H and O–H groups in total. The molecule has 7 nitrogen and oxygen atoms in total. The lowest BCUT2D eigenvalue weighted by Gasteiger charge is -2.20. The fourth-order valence-corrected chi connectivity index (χ4v) is 2.19. The van der Waals surface area contributed by atoms with Crippen LogP contribution in [0, 0.1) is 10.1 Å². The number of non-ortho nitro benzene ring substituents is 1. The third-order valence-corrected chi connectivity index (χ3v) is 3.31. The second-order valence-electron chi connectivity index (χ2n) is 4.31. The predicted octanol–water partition coefficient (Wildman–Crippen LogP) is 1.21. The van der Waals surface area contributed by atoms with E-state index in [0.29, 0.717) is 19.6 Å². The highest BCUT2D eigenvalue weighted by atomic mass is 35.5. The Morgan fingerprint density at radius 2 is 2.15 bits per heavy atom. The standard InChI is InChI=1S/C12H12ClN3O4/c13-10-7-8(16(19)20)1-2-9(10)12(18)15-5-3-11(17)14-4-6-15/h1-2,7H,3-6H2,(H,14,17). The van der Waals surface area contributed by atoms with Crippen molar-refractivity contribution in [1.82, 2.24) is 10.2 Å². The van der Waals surface area contributed by atoms with E-state index in [1.807, 2.05) is 0 Å². The normalized spacial score (nSPS) is 15.4. The van der Waals surface area contributed by atoms with Crippen molar-refractivity contribution in [3.05, 3.63) is 38.9 Å². The number of benzene rings is 1. The van der Waals surface area contributed by atoms with Crippen LogP contribution in [0.15, 0.2) is 18.2 Å². The van der Waals surface area contributed by atoms with Crippen LogP contribution >= 0.6 is 11.6 Å². The number of nitrogens with zero attached hydrogens (tertiary/aromatic N) is 2. The molecule has 0 radical (unpaired) electrons. The van der Waals surface area contributed by atoms with Crippen LogP contribution in [0.3, 0.4) is 0 Å². The molecule has 0 spiro atoms. The van der Waals surface area contributed by atoms with Crippen molar-refractivity contribution in [2.24, 2.45) is 0 Å². The molecular weight excluding hydrogens is 286 g/mol. The smallest absolute Gasteiger partial charge is 0.270 e. The molecule has 1 aliphatic rings. The van der Waals surface area contributed by atoms with E-state index in [2.05, 4.69) is 5.32 Å². The van der Waals surface area contributed by atoms with Crippen LogP contribution in [0.4, 0.5) is 5.69 Å². The predicted molar refractivity (Wildman–Crippen MR) is 71.6 cm³/mol. The summed E-state index contributed by atoms with van der Waals surface area (Å²) in [4.78, 5) is 35.1. The Morgan fingerprint density at radius 3 is 2.80 bits per heavy atom. The monoisotopic (exact) mass is 297 g/mol. The van der Waals surface area contributed by atoms with Gasteiger partial charge in [0.1, 0.15) is 0 Å². The molecule has 8 heteroatoms. The van der Waals surface area contributed by atoms with Gasteiger partial charge in [-0.3, -0.25) is 19.7 Å². The minimum Gasteiger partial charge on any atom is -0.354 e. The van der Waals surface area contributed by atoms with E-state index in [1.165, 1.54) is 17.0 Å². The first-order valence-corrected chi connectivity index (χ1v) is 6.37. The summed E-state index contributed by atoms with van der Waals surface area (Å²) in [5, 5.41) is 13.3. The minimum atomic E-state index is -0.575. The number of nitrogens with one attached hydrogen (secondary N) is 1. The lowest BCUT2D eigenvalue weighted by atomic mass is 10.1. The maximum atomic E-state index is 12.3. The van der Waals surface area contributed by atoms with Crippen LogP contribution in [-0.4, -0.2) is 41.3 Å². The molecule has 1 aromatic carbocycles. The Morgan fingerprint density at radius 1 is 1.40 bits per heavy atom. The molecule has 1 fully saturated rings. The van der Waals surface area contributed by atoms with Crippen LogP contribution in [0.2, 0.25) is 5.02 Å². The van der Waals surface area contributed by atoms with Gasteiger partial charge in [0.2, 0.25) is 5.91 Å². The zero-order chi connectivity index (χ0) is 14.7. The molecule has 1 aromatic rings. The average Bonchev–Trinajstić information content (AvgIpc) is 2.62. The number of nitro benzene ring substituents is 1. The number of carbonyl (C=O) groups excluding carboxylic acids is 2. The van der Waals surface area contributed by atoms with E-state index < -0.39 is 4.92 Å². The van der Waals surface area contributed by atoms with E-state index >= 15 is 0 Å². The molecule has 1 aliphatic heterocycles. The summed E-state index contributed by atoms with van der Waals surface area (Å²) in [6.07, 6.45) is 0.232. The van der Waals surface area contributed by atoms with Gasteiger partial charge in [0.25, 0.3) is 11.6 Å².